The summed E-state index contributed by atoms with van der Waals surface area (Å²) in [7, 11) is 0. The van der Waals surface area contributed by atoms with E-state index in [9.17, 15) is 4.79 Å². The van der Waals surface area contributed by atoms with Crippen molar-refractivity contribution in [2.24, 2.45) is 0 Å². The minimum Gasteiger partial charge on any atom is -0.351 e. The molecule has 3 heterocycles. The third kappa shape index (κ3) is 2.68. The number of para-hydroxylation sites is 1. The maximum atomic E-state index is 12.7. The molecule has 1 amide bonds. The summed E-state index contributed by atoms with van der Waals surface area (Å²) in [5.74, 6) is 0.871. The number of aromatic nitrogens is 3. The predicted octanol–water partition coefficient (Wildman–Crippen LogP) is 2.29. The molecule has 1 fully saturated rings. The molecular weight excluding hydrogens is 310 g/mol. The molecule has 6 nitrogen and oxygen atoms in total. The number of rotatable bonds is 2. The van der Waals surface area contributed by atoms with Gasteiger partial charge in [-0.1, -0.05) is 18.2 Å². The first kappa shape index (κ1) is 14.2. The molecule has 3 aromatic rings. The SMILES string of the molecule is Cc1nsc(N2CCN(C(=O)c3cc4ccccc4[nH]3)CC2)n1. The number of carbonyl (C=O) groups excluding carboxylic acids is 1. The molecule has 0 atom stereocenters. The van der Waals surface area contributed by atoms with Gasteiger partial charge in [-0.2, -0.15) is 4.37 Å². The van der Waals surface area contributed by atoms with Crippen molar-refractivity contribution in [3.8, 4) is 0 Å². The molecule has 4 rings (SSSR count). The highest BCUT2D eigenvalue weighted by molar-refractivity contribution is 7.09. The van der Waals surface area contributed by atoms with Crippen LogP contribution in [0.4, 0.5) is 5.13 Å². The first-order chi connectivity index (χ1) is 11.2. The maximum absolute atomic E-state index is 12.7. The highest BCUT2D eigenvalue weighted by Gasteiger charge is 2.24. The fraction of sp³-hybridized carbons (Fsp3) is 0.312. The molecule has 118 valence electrons. The molecule has 2 aromatic heterocycles. The van der Waals surface area contributed by atoms with Gasteiger partial charge in [0.25, 0.3) is 5.91 Å². The van der Waals surface area contributed by atoms with Gasteiger partial charge >= 0.3 is 0 Å². The van der Waals surface area contributed by atoms with Crippen LogP contribution in [0.5, 0.6) is 0 Å². The fourth-order valence-corrected chi connectivity index (χ4v) is 3.60. The van der Waals surface area contributed by atoms with E-state index in [1.807, 2.05) is 42.2 Å². The normalized spacial score (nSPS) is 15.3. The molecule has 0 unspecified atom stereocenters. The Bertz CT molecular complexity index is 814. The van der Waals surface area contributed by atoms with E-state index in [4.69, 9.17) is 0 Å². The van der Waals surface area contributed by atoms with Gasteiger partial charge in [0.1, 0.15) is 11.5 Å². The van der Waals surface area contributed by atoms with Crippen LogP contribution in [0.15, 0.2) is 30.3 Å². The van der Waals surface area contributed by atoms with Crippen LogP contribution in [0.25, 0.3) is 10.9 Å². The third-order valence-electron chi connectivity index (χ3n) is 4.11. The number of aromatic amines is 1. The lowest BCUT2D eigenvalue weighted by atomic mass is 10.2. The summed E-state index contributed by atoms with van der Waals surface area (Å²) in [4.78, 5) is 24.4. The number of fused-ring (bicyclic) bond motifs is 1. The molecule has 7 heteroatoms. The topological polar surface area (TPSA) is 65.1 Å². The molecule has 1 aromatic carbocycles. The predicted molar refractivity (Wildman–Crippen MR) is 91.1 cm³/mol. The van der Waals surface area contributed by atoms with Gasteiger partial charge in [-0.15, -0.1) is 0 Å². The van der Waals surface area contributed by atoms with Gasteiger partial charge in [0.2, 0.25) is 5.13 Å². The number of carbonyl (C=O) groups is 1. The van der Waals surface area contributed by atoms with Crippen molar-refractivity contribution in [2.45, 2.75) is 6.92 Å². The molecule has 0 radical (unpaired) electrons. The van der Waals surface area contributed by atoms with E-state index >= 15 is 0 Å². The summed E-state index contributed by atoms with van der Waals surface area (Å²) >= 11 is 1.42. The molecule has 1 aliphatic rings. The van der Waals surface area contributed by atoms with Crippen LogP contribution < -0.4 is 4.90 Å². The molecule has 23 heavy (non-hydrogen) atoms. The fourth-order valence-electron chi connectivity index (χ4n) is 2.87. The lowest BCUT2D eigenvalue weighted by Crippen LogP contribution is -2.48. The van der Waals surface area contributed by atoms with Gasteiger partial charge in [0, 0.05) is 48.6 Å². The van der Waals surface area contributed by atoms with Gasteiger partial charge in [0.15, 0.2) is 0 Å². The van der Waals surface area contributed by atoms with E-state index in [-0.39, 0.29) is 5.91 Å². The molecule has 0 aliphatic carbocycles. The van der Waals surface area contributed by atoms with E-state index in [1.54, 1.807) is 0 Å². The lowest BCUT2D eigenvalue weighted by molar-refractivity contribution is 0.0742. The number of aryl methyl sites for hydroxylation is 1. The van der Waals surface area contributed by atoms with E-state index in [1.165, 1.54) is 11.5 Å². The standard InChI is InChI=1S/C16H17N5OS/c1-11-17-16(23-19-11)21-8-6-20(7-9-21)15(22)14-10-12-4-2-3-5-13(12)18-14/h2-5,10,18H,6-9H2,1H3. The highest BCUT2D eigenvalue weighted by atomic mass is 32.1. The Morgan fingerprint density at radius 2 is 2.00 bits per heavy atom. The quantitative estimate of drug-likeness (QED) is 0.784. The van der Waals surface area contributed by atoms with Gasteiger partial charge in [-0.3, -0.25) is 4.79 Å². The molecule has 1 saturated heterocycles. The second kappa shape index (κ2) is 5.66. The van der Waals surface area contributed by atoms with E-state index in [0.717, 1.165) is 34.9 Å². The zero-order valence-corrected chi connectivity index (χ0v) is 13.6. The van der Waals surface area contributed by atoms with Crippen molar-refractivity contribution in [2.75, 3.05) is 31.1 Å². The number of piperazine rings is 1. The second-order valence-electron chi connectivity index (χ2n) is 5.67. The molecule has 1 aliphatic heterocycles. The van der Waals surface area contributed by atoms with Crippen LogP contribution in [0, 0.1) is 6.92 Å². The average molecular weight is 327 g/mol. The summed E-state index contributed by atoms with van der Waals surface area (Å²) in [6, 6.07) is 9.88. The van der Waals surface area contributed by atoms with Crippen molar-refractivity contribution in [1.29, 1.82) is 0 Å². The Morgan fingerprint density at radius 1 is 1.22 bits per heavy atom. The minimum atomic E-state index is 0.0642. The number of hydrogen-bond donors (Lipinski definition) is 1. The molecular formula is C16H17N5OS. The minimum absolute atomic E-state index is 0.0642. The first-order valence-corrected chi connectivity index (χ1v) is 8.40. The zero-order chi connectivity index (χ0) is 15.8. The summed E-state index contributed by atoms with van der Waals surface area (Å²) < 4.78 is 4.22. The first-order valence-electron chi connectivity index (χ1n) is 7.63. The van der Waals surface area contributed by atoms with Crippen LogP contribution in [-0.2, 0) is 0 Å². The second-order valence-corrected chi connectivity index (χ2v) is 6.40. The number of H-pyrrole nitrogens is 1. The smallest absolute Gasteiger partial charge is 0.270 e. The van der Waals surface area contributed by atoms with Crippen LogP contribution >= 0.6 is 11.5 Å². The van der Waals surface area contributed by atoms with Gasteiger partial charge in [0.05, 0.1) is 0 Å². The average Bonchev–Trinajstić information content (AvgIpc) is 3.20. The van der Waals surface area contributed by atoms with Crippen molar-refractivity contribution >= 4 is 33.5 Å². The molecule has 0 bridgehead atoms. The van der Waals surface area contributed by atoms with E-state index in [0.29, 0.717) is 18.8 Å². The van der Waals surface area contributed by atoms with Crippen LogP contribution in [-0.4, -0.2) is 51.3 Å². The largest absolute Gasteiger partial charge is 0.351 e. The zero-order valence-electron chi connectivity index (χ0n) is 12.8. The summed E-state index contributed by atoms with van der Waals surface area (Å²) in [6.45, 7) is 4.89. The monoisotopic (exact) mass is 327 g/mol. The summed E-state index contributed by atoms with van der Waals surface area (Å²) in [6.07, 6.45) is 0. The van der Waals surface area contributed by atoms with Crippen LogP contribution in [0.2, 0.25) is 0 Å². The van der Waals surface area contributed by atoms with Crippen molar-refractivity contribution in [3.05, 3.63) is 41.9 Å². The Kier molecular flexibility index (Phi) is 3.49. The Labute approximate surface area is 137 Å². The Hall–Kier alpha value is -2.41. The molecule has 0 saturated carbocycles. The van der Waals surface area contributed by atoms with Gasteiger partial charge < -0.3 is 14.8 Å². The van der Waals surface area contributed by atoms with Crippen LogP contribution in [0.3, 0.4) is 0 Å². The number of amides is 1. The maximum Gasteiger partial charge on any atom is 0.270 e. The number of nitrogens with one attached hydrogen (secondary N) is 1. The van der Waals surface area contributed by atoms with Crippen molar-refractivity contribution < 1.29 is 4.79 Å². The lowest BCUT2D eigenvalue weighted by Gasteiger charge is -2.34. The number of benzene rings is 1. The number of anilines is 1. The van der Waals surface area contributed by atoms with E-state index < -0.39 is 0 Å². The molecule has 1 N–H and O–H groups in total. The van der Waals surface area contributed by atoms with Crippen LogP contribution in [0.1, 0.15) is 16.3 Å². The summed E-state index contributed by atoms with van der Waals surface area (Å²) in [5.41, 5.74) is 1.66. The summed E-state index contributed by atoms with van der Waals surface area (Å²) in [5, 5.41) is 2.01. The van der Waals surface area contributed by atoms with Gasteiger partial charge in [-0.05, 0) is 19.1 Å². The Balaban J connectivity index is 1.46. The molecule has 0 spiro atoms. The van der Waals surface area contributed by atoms with Crippen molar-refractivity contribution in [3.63, 3.8) is 0 Å². The van der Waals surface area contributed by atoms with Gasteiger partial charge in [-0.25, -0.2) is 4.98 Å². The Morgan fingerprint density at radius 3 is 2.70 bits per heavy atom. The van der Waals surface area contributed by atoms with E-state index in [2.05, 4.69) is 19.2 Å². The van der Waals surface area contributed by atoms with Crippen molar-refractivity contribution in [1.82, 2.24) is 19.2 Å². The number of hydrogen-bond acceptors (Lipinski definition) is 5. The third-order valence-corrected chi connectivity index (χ3v) is 4.98. The number of nitrogens with zero attached hydrogens (tertiary/aromatic N) is 4. The highest BCUT2D eigenvalue weighted by Crippen LogP contribution is 2.20.